The van der Waals surface area contributed by atoms with Crippen LogP contribution in [0.4, 0.5) is 5.95 Å². The highest BCUT2D eigenvalue weighted by atomic mass is 15.1. The zero-order valence-electron chi connectivity index (χ0n) is 8.33. The van der Waals surface area contributed by atoms with Crippen LogP contribution in [-0.2, 0) is 6.54 Å². The Labute approximate surface area is 78.6 Å². The highest BCUT2D eigenvalue weighted by Gasteiger charge is 2.08. The Balaban J connectivity index is 3.10. The second-order valence-corrected chi connectivity index (χ2v) is 3.21. The average molecular weight is 180 g/mol. The van der Waals surface area contributed by atoms with Gasteiger partial charge in [-0.15, -0.1) is 0 Å². The minimum absolute atomic E-state index is 0.383. The fourth-order valence-electron chi connectivity index (χ4n) is 1.20. The van der Waals surface area contributed by atoms with Crippen molar-refractivity contribution in [2.75, 3.05) is 12.4 Å². The predicted molar refractivity (Wildman–Crippen MR) is 53.6 cm³/mol. The van der Waals surface area contributed by atoms with E-state index in [9.17, 15) is 0 Å². The standard InChI is InChI=1S/C9H16N4/c1-6(2)8-7(4-10)5-12-9(11-3)13-8/h5-6H,4,10H2,1-3H3,(H,11,12,13). The average Bonchev–Trinajstić information content (AvgIpc) is 2.16. The second-order valence-electron chi connectivity index (χ2n) is 3.21. The van der Waals surface area contributed by atoms with Crippen LogP contribution in [0.2, 0.25) is 0 Å². The molecule has 1 aromatic heterocycles. The molecule has 13 heavy (non-hydrogen) atoms. The molecule has 0 saturated carbocycles. The molecule has 3 N–H and O–H groups in total. The van der Waals surface area contributed by atoms with Crippen LogP contribution in [0.15, 0.2) is 6.20 Å². The Kier molecular flexibility index (Phi) is 3.19. The highest BCUT2D eigenvalue weighted by molar-refractivity contribution is 5.30. The van der Waals surface area contributed by atoms with Crippen molar-refractivity contribution in [2.24, 2.45) is 5.73 Å². The molecule has 0 aliphatic heterocycles. The molecule has 1 heterocycles. The number of nitrogens with one attached hydrogen (secondary N) is 1. The number of hydrogen-bond acceptors (Lipinski definition) is 4. The molecule has 0 spiro atoms. The second kappa shape index (κ2) is 4.18. The number of aromatic nitrogens is 2. The van der Waals surface area contributed by atoms with Crippen molar-refractivity contribution in [1.82, 2.24) is 9.97 Å². The summed E-state index contributed by atoms with van der Waals surface area (Å²) >= 11 is 0. The van der Waals surface area contributed by atoms with Crippen molar-refractivity contribution in [3.8, 4) is 0 Å². The number of anilines is 1. The summed E-state index contributed by atoms with van der Waals surface area (Å²) < 4.78 is 0. The van der Waals surface area contributed by atoms with Gasteiger partial charge in [0.1, 0.15) is 0 Å². The number of rotatable bonds is 3. The van der Waals surface area contributed by atoms with Gasteiger partial charge < -0.3 is 11.1 Å². The quantitative estimate of drug-likeness (QED) is 0.731. The Hall–Kier alpha value is -1.16. The van der Waals surface area contributed by atoms with Crippen molar-refractivity contribution >= 4 is 5.95 Å². The van der Waals surface area contributed by atoms with Crippen LogP contribution in [0, 0.1) is 0 Å². The van der Waals surface area contributed by atoms with Gasteiger partial charge in [-0.2, -0.15) is 0 Å². The number of hydrogen-bond donors (Lipinski definition) is 2. The maximum atomic E-state index is 5.58. The zero-order chi connectivity index (χ0) is 9.84. The Morgan fingerprint density at radius 3 is 2.69 bits per heavy atom. The van der Waals surface area contributed by atoms with E-state index in [1.807, 2.05) is 7.05 Å². The molecule has 0 aliphatic rings. The van der Waals surface area contributed by atoms with Crippen LogP contribution in [-0.4, -0.2) is 17.0 Å². The summed E-state index contributed by atoms with van der Waals surface area (Å²) in [5, 5.41) is 2.91. The monoisotopic (exact) mass is 180 g/mol. The van der Waals surface area contributed by atoms with Crippen LogP contribution in [0.25, 0.3) is 0 Å². The van der Waals surface area contributed by atoms with E-state index in [-0.39, 0.29) is 0 Å². The first-order chi connectivity index (χ1) is 6.19. The smallest absolute Gasteiger partial charge is 0.222 e. The summed E-state index contributed by atoms with van der Waals surface area (Å²) in [7, 11) is 1.81. The third-order valence-electron chi connectivity index (χ3n) is 1.89. The van der Waals surface area contributed by atoms with Crippen molar-refractivity contribution in [3.05, 3.63) is 17.5 Å². The number of nitrogens with two attached hydrogens (primary N) is 1. The molecule has 0 atom stereocenters. The van der Waals surface area contributed by atoms with Crippen LogP contribution in [0.3, 0.4) is 0 Å². The summed E-state index contributed by atoms with van der Waals surface area (Å²) in [5.41, 5.74) is 7.63. The maximum absolute atomic E-state index is 5.58. The minimum atomic E-state index is 0.383. The lowest BCUT2D eigenvalue weighted by Crippen LogP contribution is -2.08. The first-order valence-corrected chi connectivity index (χ1v) is 4.42. The molecule has 72 valence electrons. The van der Waals surface area contributed by atoms with Crippen LogP contribution in [0.1, 0.15) is 31.0 Å². The third-order valence-corrected chi connectivity index (χ3v) is 1.89. The zero-order valence-corrected chi connectivity index (χ0v) is 8.33. The Morgan fingerprint density at radius 1 is 1.54 bits per heavy atom. The third kappa shape index (κ3) is 2.15. The van der Waals surface area contributed by atoms with E-state index in [4.69, 9.17) is 5.73 Å². The number of nitrogens with zero attached hydrogens (tertiary/aromatic N) is 2. The molecule has 0 fully saturated rings. The summed E-state index contributed by atoms with van der Waals surface area (Å²) in [6.07, 6.45) is 1.79. The molecule has 0 unspecified atom stereocenters. The first-order valence-electron chi connectivity index (χ1n) is 4.42. The topological polar surface area (TPSA) is 63.8 Å². The Bertz CT molecular complexity index is 283. The Morgan fingerprint density at radius 2 is 2.23 bits per heavy atom. The molecule has 4 heteroatoms. The summed E-state index contributed by atoms with van der Waals surface area (Å²) in [5.74, 6) is 1.04. The minimum Gasteiger partial charge on any atom is -0.357 e. The fourth-order valence-corrected chi connectivity index (χ4v) is 1.20. The van der Waals surface area contributed by atoms with Crippen molar-refractivity contribution in [2.45, 2.75) is 26.3 Å². The van der Waals surface area contributed by atoms with Gasteiger partial charge in [0, 0.05) is 25.4 Å². The summed E-state index contributed by atoms with van der Waals surface area (Å²) in [6, 6.07) is 0. The van der Waals surface area contributed by atoms with Gasteiger partial charge in [0.25, 0.3) is 0 Å². The highest BCUT2D eigenvalue weighted by Crippen LogP contribution is 2.17. The van der Waals surface area contributed by atoms with E-state index in [1.54, 1.807) is 6.20 Å². The summed E-state index contributed by atoms with van der Waals surface area (Å²) in [4.78, 5) is 8.47. The molecule has 0 amide bonds. The first kappa shape index (κ1) is 9.92. The molecule has 0 aliphatic carbocycles. The van der Waals surface area contributed by atoms with Gasteiger partial charge in [-0.3, -0.25) is 0 Å². The SMILES string of the molecule is CNc1ncc(CN)c(C(C)C)n1. The lowest BCUT2D eigenvalue weighted by atomic mass is 10.1. The molecule has 0 saturated heterocycles. The van der Waals surface area contributed by atoms with E-state index < -0.39 is 0 Å². The van der Waals surface area contributed by atoms with Gasteiger partial charge in [0.15, 0.2) is 0 Å². The van der Waals surface area contributed by atoms with Crippen molar-refractivity contribution in [1.29, 1.82) is 0 Å². The maximum Gasteiger partial charge on any atom is 0.222 e. The van der Waals surface area contributed by atoms with Gasteiger partial charge in [0.2, 0.25) is 5.95 Å². The molecule has 1 aromatic rings. The largest absolute Gasteiger partial charge is 0.357 e. The van der Waals surface area contributed by atoms with E-state index in [2.05, 4.69) is 29.1 Å². The van der Waals surface area contributed by atoms with Crippen molar-refractivity contribution in [3.63, 3.8) is 0 Å². The fraction of sp³-hybridized carbons (Fsp3) is 0.556. The molecular formula is C9H16N4. The summed E-state index contributed by atoms with van der Waals surface area (Å²) in [6.45, 7) is 4.69. The van der Waals surface area contributed by atoms with E-state index in [1.165, 1.54) is 0 Å². The lowest BCUT2D eigenvalue weighted by Gasteiger charge is -2.10. The molecular weight excluding hydrogens is 164 g/mol. The molecule has 0 bridgehead atoms. The predicted octanol–water partition coefficient (Wildman–Crippen LogP) is 1.10. The van der Waals surface area contributed by atoms with Gasteiger partial charge in [0.05, 0.1) is 5.69 Å². The van der Waals surface area contributed by atoms with E-state index >= 15 is 0 Å². The van der Waals surface area contributed by atoms with Gasteiger partial charge >= 0.3 is 0 Å². The van der Waals surface area contributed by atoms with E-state index in [0.29, 0.717) is 18.4 Å². The van der Waals surface area contributed by atoms with Gasteiger partial charge in [-0.05, 0) is 5.92 Å². The molecule has 0 radical (unpaired) electrons. The van der Waals surface area contributed by atoms with E-state index in [0.717, 1.165) is 11.3 Å². The van der Waals surface area contributed by atoms with Crippen LogP contribution in [0.5, 0.6) is 0 Å². The van der Waals surface area contributed by atoms with Gasteiger partial charge in [-0.1, -0.05) is 13.8 Å². The molecule has 0 aromatic carbocycles. The van der Waals surface area contributed by atoms with Gasteiger partial charge in [-0.25, -0.2) is 9.97 Å². The van der Waals surface area contributed by atoms with Crippen molar-refractivity contribution < 1.29 is 0 Å². The normalized spacial score (nSPS) is 10.5. The molecule has 4 nitrogen and oxygen atoms in total. The van der Waals surface area contributed by atoms with Crippen LogP contribution >= 0.6 is 0 Å². The molecule has 1 rings (SSSR count). The lowest BCUT2D eigenvalue weighted by molar-refractivity contribution is 0.787. The van der Waals surface area contributed by atoms with Crippen LogP contribution < -0.4 is 11.1 Å².